The van der Waals surface area contributed by atoms with Gasteiger partial charge in [-0.05, 0) is 43.3 Å². The first-order chi connectivity index (χ1) is 9.67. The van der Waals surface area contributed by atoms with E-state index in [-0.39, 0.29) is 6.03 Å². The molecule has 2 N–H and O–H groups in total. The van der Waals surface area contributed by atoms with E-state index in [9.17, 15) is 4.79 Å². The van der Waals surface area contributed by atoms with Crippen molar-refractivity contribution in [2.24, 2.45) is 0 Å². The summed E-state index contributed by atoms with van der Waals surface area (Å²) in [5, 5.41) is 5.74. The molecule has 0 fully saturated rings. The second-order valence-corrected chi connectivity index (χ2v) is 4.29. The van der Waals surface area contributed by atoms with Crippen molar-refractivity contribution in [1.82, 2.24) is 4.98 Å². The normalized spacial score (nSPS) is 9.90. The van der Waals surface area contributed by atoms with Crippen molar-refractivity contribution in [3.8, 4) is 5.75 Å². The molecule has 0 unspecified atom stereocenters. The first-order valence-electron chi connectivity index (χ1n) is 6.10. The maximum absolute atomic E-state index is 11.8. The molecule has 2 amide bonds. The molecule has 0 aliphatic carbocycles. The lowest BCUT2D eigenvalue weighted by Gasteiger charge is -2.08. The predicted molar refractivity (Wildman–Crippen MR) is 79.5 cm³/mol. The first kappa shape index (κ1) is 14.1. The number of halogens is 1. The summed E-state index contributed by atoms with van der Waals surface area (Å²) in [5.74, 6) is 0.764. The average molecular weight is 292 g/mol. The van der Waals surface area contributed by atoms with Gasteiger partial charge in [-0.1, -0.05) is 11.6 Å². The average Bonchev–Trinajstić information content (AvgIpc) is 2.44. The second kappa shape index (κ2) is 6.77. The largest absolute Gasteiger partial charge is 0.494 e. The Morgan fingerprint density at radius 3 is 2.40 bits per heavy atom. The summed E-state index contributed by atoms with van der Waals surface area (Å²) in [4.78, 5) is 15.6. The molecular formula is C14H14ClN3O2. The Balaban J connectivity index is 1.92. The maximum atomic E-state index is 11.8. The van der Waals surface area contributed by atoms with E-state index in [1.807, 2.05) is 6.92 Å². The topological polar surface area (TPSA) is 63.2 Å². The highest BCUT2D eigenvalue weighted by molar-refractivity contribution is 6.29. The fourth-order valence-electron chi connectivity index (χ4n) is 1.54. The third-order valence-electron chi connectivity index (χ3n) is 2.41. The Kier molecular flexibility index (Phi) is 4.79. The van der Waals surface area contributed by atoms with Crippen molar-refractivity contribution in [2.75, 3.05) is 17.2 Å². The number of urea groups is 1. The van der Waals surface area contributed by atoms with E-state index in [4.69, 9.17) is 16.3 Å². The molecule has 5 nitrogen and oxygen atoms in total. The minimum absolute atomic E-state index is 0.349. The summed E-state index contributed by atoms with van der Waals surface area (Å²) in [5.41, 5.74) is 1.24. The van der Waals surface area contributed by atoms with Gasteiger partial charge in [0.25, 0.3) is 0 Å². The van der Waals surface area contributed by atoms with Crippen LogP contribution in [0.2, 0.25) is 5.15 Å². The Bertz CT molecular complexity index is 570. The Morgan fingerprint density at radius 1 is 1.15 bits per heavy atom. The lowest BCUT2D eigenvalue weighted by atomic mass is 10.3. The van der Waals surface area contributed by atoms with Gasteiger partial charge in [-0.3, -0.25) is 0 Å². The molecule has 2 rings (SSSR count). The number of hydrogen-bond acceptors (Lipinski definition) is 3. The molecule has 0 atom stereocenters. The number of aromatic nitrogens is 1. The summed E-state index contributed by atoms with van der Waals surface area (Å²) >= 11 is 5.67. The molecule has 1 aromatic carbocycles. The lowest BCUT2D eigenvalue weighted by molar-refractivity contribution is 0.262. The van der Waals surface area contributed by atoms with E-state index in [1.54, 1.807) is 36.4 Å². The summed E-state index contributed by atoms with van der Waals surface area (Å²) in [6.07, 6.45) is 1.49. The van der Waals surface area contributed by atoms with Gasteiger partial charge in [-0.25, -0.2) is 9.78 Å². The van der Waals surface area contributed by atoms with Crippen molar-refractivity contribution in [3.05, 3.63) is 47.7 Å². The highest BCUT2D eigenvalue weighted by Crippen LogP contribution is 2.16. The van der Waals surface area contributed by atoms with Crippen LogP contribution in [0.1, 0.15) is 6.92 Å². The molecule has 20 heavy (non-hydrogen) atoms. The van der Waals surface area contributed by atoms with Gasteiger partial charge in [-0.2, -0.15) is 0 Å². The number of nitrogens with zero attached hydrogens (tertiary/aromatic N) is 1. The molecule has 104 valence electrons. The highest BCUT2D eigenvalue weighted by atomic mass is 35.5. The number of ether oxygens (including phenoxy) is 1. The minimum atomic E-state index is -0.349. The third-order valence-corrected chi connectivity index (χ3v) is 2.63. The highest BCUT2D eigenvalue weighted by Gasteiger charge is 2.03. The molecular weight excluding hydrogens is 278 g/mol. The number of nitrogens with one attached hydrogen (secondary N) is 2. The van der Waals surface area contributed by atoms with Gasteiger partial charge in [-0.15, -0.1) is 0 Å². The van der Waals surface area contributed by atoms with Gasteiger partial charge in [0.05, 0.1) is 18.5 Å². The van der Waals surface area contributed by atoms with Crippen LogP contribution >= 0.6 is 11.6 Å². The zero-order chi connectivity index (χ0) is 14.4. The zero-order valence-electron chi connectivity index (χ0n) is 10.9. The van der Waals surface area contributed by atoms with E-state index >= 15 is 0 Å². The van der Waals surface area contributed by atoms with Crippen LogP contribution in [0.3, 0.4) is 0 Å². The molecule has 2 aromatic rings. The van der Waals surface area contributed by atoms with Crippen LogP contribution < -0.4 is 15.4 Å². The fourth-order valence-corrected chi connectivity index (χ4v) is 1.66. The van der Waals surface area contributed by atoms with E-state index < -0.39 is 0 Å². The van der Waals surface area contributed by atoms with Gasteiger partial charge in [0.2, 0.25) is 0 Å². The quantitative estimate of drug-likeness (QED) is 0.843. The minimum Gasteiger partial charge on any atom is -0.494 e. The standard InChI is InChI=1S/C14H14ClN3O2/c1-2-20-12-6-3-10(4-7-12)17-14(19)18-11-5-8-13(15)16-9-11/h3-9H,2H2,1H3,(H2,17,18,19). The molecule has 1 aromatic heterocycles. The van der Waals surface area contributed by atoms with Crippen LogP contribution in [0.15, 0.2) is 42.6 Å². The van der Waals surface area contributed by atoms with Gasteiger partial charge < -0.3 is 15.4 Å². The number of hydrogen-bond donors (Lipinski definition) is 2. The number of carbonyl (C=O) groups is 1. The van der Waals surface area contributed by atoms with Crippen LogP contribution in [0.4, 0.5) is 16.2 Å². The number of benzene rings is 1. The molecule has 0 saturated heterocycles. The summed E-state index contributed by atoms with van der Waals surface area (Å²) in [6.45, 7) is 2.52. The van der Waals surface area contributed by atoms with Crippen molar-refractivity contribution in [1.29, 1.82) is 0 Å². The predicted octanol–water partition coefficient (Wildman–Crippen LogP) is 3.78. The lowest BCUT2D eigenvalue weighted by Crippen LogP contribution is -2.19. The van der Waals surface area contributed by atoms with Crippen molar-refractivity contribution in [3.63, 3.8) is 0 Å². The van der Waals surface area contributed by atoms with Crippen LogP contribution in [-0.2, 0) is 0 Å². The molecule has 1 heterocycles. The van der Waals surface area contributed by atoms with Gasteiger partial charge in [0.1, 0.15) is 10.9 Å². The van der Waals surface area contributed by atoms with Crippen LogP contribution in [0, 0.1) is 0 Å². The van der Waals surface area contributed by atoms with Crippen molar-refractivity contribution in [2.45, 2.75) is 6.92 Å². The fraction of sp³-hybridized carbons (Fsp3) is 0.143. The Hall–Kier alpha value is -2.27. The van der Waals surface area contributed by atoms with Crippen molar-refractivity contribution >= 4 is 29.0 Å². The SMILES string of the molecule is CCOc1ccc(NC(=O)Nc2ccc(Cl)nc2)cc1. The molecule has 0 aliphatic heterocycles. The number of pyridine rings is 1. The third kappa shape index (κ3) is 4.13. The van der Waals surface area contributed by atoms with Crippen LogP contribution in [0.25, 0.3) is 0 Å². The summed E-state index contributed by atoms with van der Waals surface area (Å²) in [6, 6.07) is 10.1. The molecule has 6 heteroatoms. The van der Waals surface area contributed by atoms with Gasteiger partial charge in [0, 0.05) is 5.69 Å². The van der Waals surface area contributed by atoms with E-state index in [1.165, 1.54) is 6.20 Å². The number of carbonyl (C=O) groups excluding carboxylic acids is 1. The van der Waals surface area contributed by atoms with Gasteiger partial charge >= 0.3 is 6.03 Å². The number of anilines is 2. The van der Waals surface area contributed by atoms with Crippen molar-refractivity contribution < 1.29 is 9.53 Å². The zero-order valence-corrected chi connectivity index (χ0v) is 11.6. The summed E-state index contributed by atoms with van der Waals surface area (Å²) in [7, 11) is 0. The Labute approximate surface area is 121 Å². The van der Waals surface area contributed by atoms with Crippen LogP contribution in [0.5, 0.6) is 5.75 Å². The first-order valence-corrected chi connectivity index (χ1v) is 6.47. The van der Waals surface area contributed by atoms with Gasteiger partial charge in [0.15, 0.2) is 0 Å². The van der Waals surface area contributed by atoms with E-state index in [2.05, 4.69) is 15.6 Å². The Morgan fingerprint density at radius 2 is 1.80 bits per heavy atom. The second-order valence-electron chi connectivity index (χ2n) is 3.91. The molecule has 0 aliphatic rings. The monoisotopic (exact) mass is 291 g/mol. The maximum Gasteiger partial charge on any atom is 0.323 e. The number of rotatable bonds is 4. The van der Waals surface area contributed by atoms with E-state index in [0.717, 1.165) is 5.75 Å². The van der Waals surface area contributed by atoms with Crippen LogP contribution in [-0.4, -0.2) is 17.6 Å². The molecule has 0 bridgehead atoms. The molecule has 0 saturated carbocycles. The summed E-state index contributed by atoms with van der Waals surface area (Å²) < 4.78 is 5.32. The molecule has 0 radical (unpaired) electrons. The smallest absolute Gasteiger partial charge is 0.323 e. The molecule has 0 spiro atoms. The number of amides is 2. The van der Waals surface area contributed by atoms with E-state index in [0.29, 0.717) is 23.1 Å².